The Kier molecular flexibility index (Phi) is 3.53. The van der Waals surface area contributed by atoms with Gasteiger partial charge in [0.1, 0.15) is 0 Å². The molecular weight excluding hydrogens is 256 g/mol. The van der Waals surface area contributed by atoms with Crippen LogP contribution in [-0.2, 0) is 0 Å². The molecule has 0 aliphatic carbocycles. The van der Waals surface area contributed by atoms with Crippen molar-refractivity contribution in [2.45, 2.75) is 19.4 Å². The van der Waals surface area contributed by atoms with Gasteiger partial charge in [0.25, 0.3) is 5.91 Å². The lowest BCUT2D eigenvalue weighted by molar-refractivity contribution is 0.0649. The zero-order valence-electron chi connectivity index (χ0n) is 11.9. The Morgan fingerprint density at radius 1 is 1.35 bits per heavy atom. The fourth-order valence-corrected chi connectivity index (χ4v) is 2.97. The molecule has 1 saturated heterocycles. The van der Waals surface area contributed by atoms with Crippen LogP contribution in [0.1, 0.15) is 23.7 Å². The molecule has 2 unspecified atom stereocenters. The summed E-state index contributed by atoms with van der Waals surface area (Å²) in [6.07, 6.45) is 0.994. The molecule has 1 aromatic carbocycles. The van der Waals surface area contributed by atoms with Crippen molar-refractivity contribution in [1.82, 2.24) is 10.2 Å². The van der Waals surface area contributed by atoms with E-state index in [1.54, 1.807) is 12.1 Å². The number of piperidine rings is 1. The van der Waals surface area contributed by atoms with Crippen molar-refractivity contribution in [2.75, 3.05) is 26.9 Å². The lowest BCUT2D eigenvalue weighted by Crippen LogP contribution is -2.49. The van der Waals surface area contributed by atoms with Gasteiger partial charge < -0.3 is 19.7 Å². The van der Waals surface area contributed by atoms with Gasteiger partial charge >= 0.3 is 0 Å². The van der Waals surface area contributed by atoms with Crippen LogP contribution in [0.2, 0.25) is 0 Å². The smallest absolute Gasteiger partial charge is 0.254 e. The number of carbonyl (C=O) groups excluding carboxylic acids is 1. The quantitative estimate of drug-likeness (QED) is 0.889. The van der Waals surface area contributed by atoms with E-state index in [1.807, 2.05) is 18.0 Å². The summed E-state index contributed by atoms with van der Waals surface area (Å²) in [6.45, 7) is 4.00. The number of likely N-dealkylation sites (tertiary alicyclic amines) is 1. The highest BCUT2D eigenvalue weighted by Gasteiger charge is 2.28. The number of carbonyl (C=O) groups is 1. The average molecular weight is 276 g/mol. The van der Waals surface area contributed by atoms with E-state index >= 15 is 0 Å². The molecular formula is C15H20N2O3. The Hall–Kier alpha value is -1.75. The minimum Gasteiger partial charge on any atom is -0.454 e. The van der Waals surface area contributed by atoms with Crippen molar-refractivity contribution in [3.8, 4) is 11.5 Å². The number of benzene rings is 1. The van der Waals surface area contributed by atoms with Gasteiger partial charge in [-0.3, -0.25) is 4.79 Å². The highest BCUT2D eigenvalue weighted by molar-refractivity contribution is 5.95. The summed E-state index contributed by atoms with van der Waals surface area (Å²) in [4.78, 5) is 14.5. The monoisotopic (exact) mass is 276 g/mol. The molecule has 0 spiro atoms. The number of hydrogen-bond acceptors (Lipinski definition) is 4. The summed E-state index contributed by atoms with van der Waals surface area (Å²) in [6, 6.07) is 5.89. The Labute approximate surface area is 118 Å². The maximum absolute atomic E-state index is 12.5. The van der Waals surface area contributed by atoms with E-state index in [2.05, 4.69) is 12.2 Å². The van der Waals surface area contributed by atoms with Gasteiger partial charge in [-0.15, -0.1) is 0 Å². The van der Waals surface area contributed by atoms with Gasteiger partial charge in [0.15, 0.2) is 11.5 Å². The first kappa shape index (κ1) is 13.2. The van der Waals surface area contributed by atoms with Crippen molar-refractivity contribution < 1.29 is 14.3 Å². The maximum Gasteiger partial charge on any atom is 0.254 e. The third-order valence-electron chi connectivity index (χ3n) is 4.18. The van der Waals surface area contributed by atoms with E-state index in [9.17, 15) is 4.79 Å². The van der Waals surface area contributed by atoms with Crippen molar-refractivity contribution in [3.63, 3.8) is 0 Å². The Balaban J connectivity index is 1.73. The minimum atomic E-state index is 0.0738. The van der Waals surface area contributed by atoms with Crippen molar-refractivity contribution >= 4 is 5.91 Å². The van der Waals surface area contributed by atoms with E-state index in [-0.39, 0.29) is 12.7 Å². The second-order valence-electron chi connectivity index (χ2n) is 5.48. The fourth-order valence-electron chi connectivity index (χ4n) is 2.97. The zero-order chi connectivity index (χ0) is 14.1. The Morgan fingerprint density at radius 2 is 2.15 bits per heavy atom. The van der Waals surface area contributed by atoms with Crippen LogP contribution in [0.25, 0.3) is 0 Å². The molecule has 0 bridgehead atoms. The number of nitrogens with one attached hydrogen (secondary N) is 1. The van der Waals surface area contributed by atoms with Gasteiger partial charge in [0, 0.05) is 24.7 Å². The average Bonchev–Trinajstić information content (AvgIpc) is 2.93. The van der Waals surface area contributed by atoms with Gasteiger partial charge in [-0.1, -0.05) is 6.92 Å². The number of ether oxygens (including phenoxy) is 2. The zero-order valence-corrected chi connectivity index (χ0v) is 11.9. The summed E-state index contributed by atoms with van der Waals surface area (Å²) in [5.74, 6) is 1.91. The molecule has 5 nitrogen and oxygen atoms in total. The van der Waals surface area contributed by atoms with E-state index in [4.69, 9.17) is 9.47 Å². The molecule has 2 aliphatic rings. The Morgan fingerprint density at radius 3 is 2.90 bits per heavy atom. The summed E-state index contributed by atoms with van der Waals surface area (Å²) in [7, 11) is 1.98. The highest BCUT2D eigenvalue weighted by Crippen LogP contribution is 2.33. The van der Waals surface area contributed by atoms with Gasteiger partial charge in [-0.2, -0.15) is 0 Å². The molecule has 0 radical (unpaired) electrons. The normalized spacial score (nSPS) is 24.8. The van der Waals surface area contributed by atoms with E-state index < -0.39 is 0 Å². The molecule has 1 aromatic rings. The van der Waals surface area contributed by atoms with Crippen molar-refractivity contribution in [3.05, 3.63) is 23.8 Å². The molecule has 2 heterocycles. The van der Waals surface area contributed by atoms with Crippen LogP contribution in [-0.4, -0.2) is 43.8 Å². The molecule has 3 rings (SSSR count). The molecule has 108 valence electrons. The molecule has 5 heteroatoms. The van der Waals surface area contributed by atoms with Crippen LogP contribution >= 0.6 is 0 Å². The van der Waals surface area contributed by atoms with Gasteiger partial charge in [-0.05, 0) is 37.6 Å². The molecule has 20 heavy (non-hydrogen) atoms. The first-order valence-corrected chi connectivity index (χ1v) is 7.05. The standard InChI is InChI=1S/C15H20N2O3/c1-10-8-17(6-5-12(10)16-2)15(18)11-3-4-13-14(7-11)20-9-19-13/h3-4,7,10,12,16H,5-6,8-9H2,1-2H3. The molecule has 0 saturated carbocycles. The van der Waals surface area contributed by atoms with E-state index in [0.29, 0.717) is 29.0 Å². The third kappa shape index (κ3) is 2.33. The summed E-state index contributed by atoms with van der Waals surface area (Å²) in [5.41, 5.74) is 0.671. The number of hydrogen-bond donors (Lipinski definition) is 1. The SMILES string of the molecule is CNC1CCN(C(=O)c2ccc3c(c2)OCO3)CC1C. The first-order valence-electron chi connectivity index (χ1n) is 7.05. The van der Waals surface area contributed by atoms with Crippen LogP contribution in [0.3, 0.4) is 0 Å². The summed E-state index contributed by atoms with van der Waals surface area (Å²) >= 11 is 0. The Bertz CT molecular complexity index is 518. The van der Waals surface area contributed by atoms with Gasteiger partial charge in [0.05, 0.1) is 0 Å². The number of rotatable bonds is 2. The van der Waals surface area contributed by atoms with Crippen molar-refractivity contribution in [2.24, 2.45) is 5.92 Å². The summed E-state index contributed by atoms with van der Waals surface area (Å²) < 4.78 is 10.6. The largest absolute Gasteiger partial charge is 0.454 e. The number of fused-ring (bicyclic) bond motifs is 1. The van der Waals surface area contributed by atoms with Gasteiger partial charge in [-0.25, -0.2) is 0 Å². The number of nitrogens with zero attached hydrogens (tertiary/aromatic N) is 1. The van der Waals surface area contributed by atoms with Gasteiger partial charge in [0.2, 0.25) is 6.79 Å². The lowest BCUT2D eigenvalue weighted by Gasteiger charge is -2.36. The van der Waals surface area contributed by atoms with Crippen LogP contribution in [0.15, 0.2) is 18.2 Å². The molecule has 2 aliphatic heterocycles. The second-order valence-corrected chi connectivity index (χ2v) is 5.48. The topological polar surface area (TPSA) is 50.8 Å². The lowest BCUT2D eigenvalue weighted by atomic mass is 9.93. The first-order chi connectivity index (χ1) is 9.69. The molecule has 1 amide bonds. The third-order valence-corrected chi connectivity index (χ3v) is 4.18. The van der Waals surface area contributed by atoms with Crippen LogP contribution in [0, 0.1) is 5.92 Å². The molecule has 1 N–H and O–H groups in total. The van der Waals surface area contributed by atoms with E-state index in [1.165, 1.54) is 0 Å². The summed E-state index contributed by atoms with van der Waals surface area (Å²) in [5, 5.41) is 3.31. The molecule has 0 aromatic heterocycles. The van der Waals surface area contributed by atoms with Crippen LogP contribution in [0.5, 0.6) is 11.5 Å². The van der Waals surface area contributed by atoms with Crippen LogP contribution in [0.4, 0.5) is 0 Å². The fraction of sp³-hybridized carbons (Fsp3) is 0.533. The number of amides is 1. The molecule has 1 fully saturated rings. The minimum absolute atomic E-state index is 0.0738. The van der Waals surface area contributed by atoms with E-state index in [0.717, 1.165) is 19.5 Å². The maximum atomic E-state index is 12.5. The highest BCUT2D eigenvalue weighted by atomic mass is 16.7. The van der Waals surface area contributed by atoms with Crippen LogP contribution < -0.4 is 14.8 Å². The second kappa shape index (κ2) is 5.32. The van der Waals surface area contributed by atoms with Crippen molar-refractivity contribution in [1.29, 1.82) is 0 Å². The molecule has 2 atom stereocenters. The predicted octanol–water partition coefficient (Wildman–Crippen LogP) is 1.49. The predicted molar refractivity (Wildman–Crippen MR) is 75.1 cm³/mol.